The largest absolute Gasteiger partial charge is 0.288 e. The van der Waals surface area contributed by atoms with E-state index in [4.69, 9.17) is 11.6 Å². The van der Waals surface area contributed by atoms with Crippen molar-refractivity contribution in [1.82, 2.24) is 0 Å². The lowest BCUT2D eigenvalue weighted by atomic mass is 10.0. The standard InChI is InChI=1S/C14H8BrClF2O/c1-7-4-13(18)10(6-12(7)17)14(19)9-5-8(16)2-3-11(9)15/h2-6H,1H3. The number of ketones is 1. The number of halogens is 4. The SMILES string of the molecule is Cc1cc(F)c(C(=O)c2cc(Cl)ccc2Br)cc1F. The third kappa shape index (κ3) is 2.85. The topological polar surface area (TPSA) is 17.1 Å². The van der Waals surface area contributed by atoms with Crippen LogP contribution in [0.3, 0.4) is 0 Å². The van der Waals surface area contributed by atoms with Crippen LogP contribution in [0.25, 0.3) is 0 Å². The molecule has 0 spiro atoms. The summed E-state index contributed by atoms with van der Waals surface area (Å²) in [6.45, 7) is 1.43. The van der Waals surface area contributed by atoms with Gasteiger partial charge in [-0.3, -0.25) is 4.79 Å². The van der Waals surface area contributed by atoms with Crippen molar-refractivity contribution in [2.45, 2.75) is 6.92 Å². The van der Waals surface area contributed by atoms with Gasteiger partial charge in [-0.25, -0.2) is 8.78 Å². The molecule has 0 aliphatic rings. The Balaban J connectivity index is 2.56. The van der Waals surface area contributed by atoms with Gasteiger partial charge in [0, 0.05) is 15.1 Å². The first-order chi connectivity index (χ1) is 8.90. The Kier molecular flexibility index (Phi) is 4.02. The number of aryl methyl sites for hydroxylation is 1. The highest BCUT2D eigenvalue weighted by atomic mass is 79.9. The van der Waals surface area contributed by atoms with Crippen molar-refractivity contribution in [1.29, 1.82) is 0 Å². The molecule has 0 aromatic heterocycles. The normalized spacial score (nSPS) is 10.6. The van der Waals surface area contributed by atoms with Crippen molar-refractivity contribution in [3.63, 3.8) is 0 Å². The van der Waals surface area contributed by atoms with Crippen LogP contribution in [0.2, 0.25) is 5.02 Å². The van der Waals surface area contributed by atoms with Gasteiger partial charge in [-0.05, 0) is 42.8 Å². The van der Waals surface area contributed by atoms with E-state index in [-0.39, 0.29) is 16.7 Å². The van der Waals surface area contributed by atoms with Crippen LogP contribution >= 0.6 is 27.5 Å². The number of rotatable bonds is 2. The maximum absolute atomic E-state index is 13.8. The molecule has 0 aliphatic heterocycles. The van der Waals surface area contributed by atoms with Crippen LogP contribution in [-0.4, -0.2) is 5.78 Å². The first kappa shape index (κ1) is 14.2. The Bertz CT molecular complexity index is 671. The van der Waals surface area contributed by atoms with E-state index < -0.39 is 17.4 Å². The zero-order valence-corrected chi connectivity index (χ0v) is 12.1. The molecule has 98 valence electrons. The fourth-order valence-electron chi connectivity index (χ4n) is 1.64. The first-order valence-electron chi connectivity index (χ1n) is 5.35. The minimum absolute atomic E-state index is 0.152. The lowest BCUT2D eigenvalue weighted by Crippen LogP contribution is -2.06. The molecule has 0 aliphatic carbocycles. The minimum Gasteiger partial charge on any atom is -0.288 e. The Morgan fingerprint density at radius 2 is 1.79 bits per heavy atom. The van der Waals surface area contributed by atoms with Crippen LogP contribution < -0.4 is 0 Å². The second-order valence-electron chi connectivity index (χ2n) is 4.03. The summed E-state index contributed by atoms with van der Waals surface area (Å²) in [5.74, 6) is -2.00. The molecule has 2 aromatic rings. The lowest BCUT2D eigenvalue weighted by molar-refractivity contribution is 0.103. The summed E-state index contributed by atoms with van der Waals surface area (Å²) >= 11 is 8.99. The molecule has 0 radical (unpaired) electrons. The predicted octanol–water partition coefficient (Wildman–Crippen LogP) is 4.92. The Morgan fingerprint density at radius 1 is 1.11 bits per heavy atom. The van der Waals surface area contributed by atoms with E-state index in [0.29, 0.717) is 9.50 Å². The Hall–Kier alpha value is -1.26. The van der Waals surface area contributed by atoms with Gasteiger partial charge >= 0.3 is 0 Å². The molecule has 0 unspecified atom stereocenters. The van der Waals surface area contributed by atoms with Crippen molar-refractivity contribution in [2.24, 2.45) is 0 Å². The van der Waals surface area contributed by atoms with E-state index in [1.807, 2.05) is 0 Å². The molecular formula is C14H8BrClF2O. The first-order valence-corrected chi connectivity index (χ1v) is 6.52. The van der Waals surface area contributed by atoms with E-state index in [1.54, 1.807) is 12.1 Å². The number of benzene rings is 2. The van der Waals surface area contributed by atoms with Crippen molar-refractivity contribution in [3.05, 3.63) is 68.2 Å². The second-order valence-corrected chi connectivity index (χ2v) is 5.33. The van der Waals surface area contributed by atoms with Crippen LogP contribution in [0.4, 0.5) is 8.78 Å². The van der Waals surface area contributed by atoms with Crippen molar-refractivity contribution in [3.8, 4) is 0 Å². The van der Waals surface area contributed by atoms with Crippen LogP contribution in [0.1, 0.15) is 21.5 Å². The van der Waals surface area contributed by atoms with E-state index in [1.165, 1.54) is 13.0 Å². The molecule has 1 nitrogen and oxygen atoms in total. The molecule has 2 aromatic carbocycles. The molecule has 0 saturated heterocycles. The van der Waals surface area contributed by atoms with Gasteiger partial charge in [0.2, 0.25) is 0 Å². The summed E-state index contributed by atoms with van der Waals surface area (Å²) in [4.78, 5) is 12.2. The minimum atomic E-state index is -0.754. The third-order valence-corrected chi connectivity index (χ3v) is 3.59. The second kappa shape index (κ2) is 5.39. The van der Waals surface area contributed by atoms with Gasteiger partial charge < -0.3 is 0 Å². The summed E-state index contributed by atoms with van der Waals surface area (Å²) in [5, 5.41) is 0.347. The van der Waals surface area contributed by atoms with Gasteiger partial charge in [-0.15, -0.1) is 0 Å². The summed E-state index contributed by atoms with van der Waals surface area (Å²) in [6, 6.07) is 6.49. The maximum Gasteiger partial charge on any atom is 0.197 e. The van der Waals surface area contributed by atoms with Crippen molar-refractivity contribution in [2.75, 3.05) is 0 Å². The molecule has 0 saturated carbocycles. The Labute approximate surface area is 122 Å². The van der Waals surface area contributed by atoms with E-state index in [2.05, 4.69) is 15.9 Å². The lowest BCUT2D eigenvalue weighted by Gasteiger charge is -2.07. The number of carbonyl (C=O) groups is 1. The Morgan fingerprint density at radius 3 is 2.47 bits per heavy atom. The van der Waals surface area contributed by atoms with Crippen LogP contribution in [-0.2, 0) is 0 Å². The van der Waals surface area contributed by atoms with Gasteiger partial charge in [0.25, 0.3) is 0 Å². The molecule has 0 atom stereocenters. The predicted molar refractivity (Wildman–Crippen MR) is 73.7 cm³/mol. The van der Waals surface area contributed by atoms with Gasteiger partial charge in [0.15, 0.2) is 5.78 Å². The van der Waals surface area contributed by atoms with Crippen LogP contribution in [0, 0.1) is 18.6 Å². The molecule has 5 heteroatoms. The molecule has 0 amide bonds. The number of hydrogen-bond donors (Lipinski definition) is 0. The highest BCUT2D eigenvalue weighted by Gasteiger charge is 2.18. The average Bonchev–Trinajstić information content (AvgIpc) is 2.36. The van der Waals surface area contributed by atoms with E-state index in [0.717, 1.165) is 12.1 Å². The fourth-order valence-corrected chi connectivity index (χ4v) is 2.24. The molecule has 2 rings (SSSR count). The average molecular weight is 346 g/mol. The molecule has 0 fully saturated rings. The summed E-state index contributed by atoms with van der Waals surface area (Å²) in [5.41, 5.74) is 0.0277. The molecule has 0 bridgehead atoms. The van der Waals surface area contributed by atoms with E-state index in [9.17, 15) is 13.6 Å². The fraction of sp³-hybridized carbons (Fsp3) is 0.0714. The highest BCUT2D eigenvalue weighted by Crippen LogP contribution is 2.25. The zero-order chi connectivity index (χ0) is 14.2. The summed E-state index contributed by atoms with van der Waals surface area (Å²) in [7, 11) is 0. The van der Waals surface area contributed by atoms with Gasteiger partial charge in [-0.2, -0.15) is 0 Å². The summed E-state index contributed by atoms with van der Waals surface area (Å²) < 4.78 is 27.7. The van der Waals surface area contributed by atoms with E-state index >= 15 is 0 Å². The summed E-state index contributed by atoms with van der Waals surface area (Å²) in [6.07, 6.45) is 0. The van der Waals surface area contributed by atoms with Crippen LogP contribution in [0.5, 0.6) is 0 Å². The van der Waals surface area contributed by atoms with Gasteiger partial charge in [0.05, 0.1) is 5.56 Å². The van der Waals surface area contributed by atoms with Crippen molar-refractivity contribution >= 4 is 33.3 Å². The smallest absolute Gasteiger partial charge is 0.197 e. The van der Waals surface area contributed by atoms with Crippen molar-refractivity contribution < 1.29 is 13.6 Å². The van der Waals surface area contributed by atoms with Gasteiger partial charge in [-0.1, -0.05) is 27.5 Å². The monoisotopic (exact) mass is 344 g/mol. The maximum atomic E-state index is 13.8. The quantitative estimate of drug-likeness (QED) is 0.706. The molecule has 0 heterocycles. The highest BCUT2D eigenvalue weighted by molar-refractivity contribution is 9.10. The molecular weight excluding hydrogens is 338 g/mol. The molecule has 19 heavy (non-hydrogen) atoms. The molecule has 0 N–H and O–H groups in total. The van der Waals surface area contributed by atoms with Gasteiger partial charge in [0.1, 0.15) is 11.6 Å². The third-order valence-electron chi connectivity index (χ3n) is 2.67. The van der Waals surface area contributed by atoms with Crippen LogP contribution in [0.15, 0.2) is 34.8 Å². The zero-order valence-electron chi connectivity index (χ0n) is 9.81. The number of carbonyl (C=O) groups excluding carboxylic acids is 1. The number of hydrogen-bond acceptors (Lipinski definition) is 1.